The van der Waals surface area contributed by atoms with E-state index < -0.39 is 11.6 Å². The molecule has 2 nitrogen and oxygen atoms in total. The molecule has 2 aromatic carbocycles. The lowest BCUT2D eigenvalue weighted by Crippen LogP contribution is -2.06. The molecule has 104 valence electrons. The lowest BCUT2D eigenvalue weighted by atomic mass is 10.0. The van der Waals surface area contributed by atoms with Crippen LogP contribution >= 0.6 is 0 Å². The number of ketones is 1. The molecule has 0 unspecified atom stereocenters. The van der Waals surface area contributed by atoms with Crippen molar-refractivity contribution in [2.45, 2.75) is 13.3 Å². The molecule has 0 bridgehead atoms. The van der Waals surface area contributed by atoms with Gasteiger partial charge >= 0.3 is 0 Å². The molecule has 20 heavy (non-hydrogen) atoms. The van der Waals surface area contributed by atoms with Gasteiger partial charge in [-0.25, -0.2) is 8.78 Å². The second-order valence-electron chi connectivity index (χ2n) is 4.52. The zero-order chi connectivity index (χ0) is 14.7. The third kappa shape index (κ3) is 3.02. The lowest BCUT2D eigenvalue weighted by Gasteiger charge is -2.07. The van der Waals surface area contributed by atoms with Gasteiger partial charge in [0, 0.05) is 12.0 Å². The Hall–Kier alpha value is -2.23. The number of hydrogen-bond donors (Lipinski definition) is 0. The molecule has 0 saturated carbocycles. The van der Waals surface area contributed by atoms with Gasteiger partial charge in [0.2, 0.25) is 0 Å². The minimum absolute atomic E-state index is 0.0588. The van der Waals surface area contributed by atoms with Gasteiger partial charge in [0.1, 0.15) is 17.4 Å². The Labute approximate surface area is 116 Å². The first-order valence-electron chi connectivity index (χ1n) is 6.13. The molecular weight excluding hydrogens is 262 g/mol. The van der Waals surface area contributed by atoms with Crippen molar-refractivity contribution in [3.63, 3.8) is 0 Å². The molecule has 0 aromatic heterocycles. The fourth-order valence-corrected chi connectivity index (χ4v) is 2.01. The summed E-state index contributed by atoms with van der Waals surface area (Å²) in [6.45, 7) is 1.82. The number of aryl methyl sites for hydroxylation is 1. The summed E-state index contributed by atoms with van der Waals surface area (Å²) >= 11 is 0. The van der Waals surface area contributed by atoms with Crippen molar-refractivity contribution >= 4 is 5.78 Å². The van der Waals surface area contributed by atoms with E-state index in [4.69, 9.17) is 4.74 Å². The fraction of sp³-hybridized carbons (Fsp3) is 0.188. The average Bonchev–Trinajstić information content (AvgIpc) is 2.42. The number of carbonyl (C=O) groups is 1. The van der Waals surface area contributed by atoms with Crippen molar-refractivity contribution in [2.24, 2.45) is 0 Å². The van der Waals surface area contributed by atoms with Crippen LogP contribution in [0.4, 0.5) is 8.78 Å². The SMILES string of the molecule is COc1ccc(C(=O)Cc2cc(F)ccc2F)cc1C. The quantitative estimate of drug-likeness (QED) is 0.796. The minimum atomic E-state index is -0.579. The highest BCUT2D eigenvalue weighted by molar-refractivity contribution is 5.97. The molecular formula is C16H14F2O2. The Bertz CT molecular complexity index is 651. The van der Waals surface area contributed by atoms with Gasteiger partial charge in [-0.3, -0.25) is 4.79 Å². The van der Waals surface area contributed by atoms with Gasteiger partial charge in [0.05, 0.1) is 7.11 Å². The summed E-state index contributed by atoms with van der Waals surface area (Å²) < 4.78 is 31.7. The predicted molar refractivity (Wildman–Crippen MR) is 72.1 cm³/mol. The first-order chi connectivity index (χ1) is 9.51. The number of methoxy groups -OCH3 is 1. The van der Waals surface area contributed by atoms with E-state index in [1.807, 2.05) is 6.92 Å². The van der Waals surface area contributed by atoms with Gasteiger partial charge < -0.3 is 4.74 Å². The molecule has 0 atom stereocenters. The molecule has 2 rings (SSSR count). The number of Topliss-reactive ketones (excluding diaryl/α,β-unsaturated/α-hetero) is 1. The van der Waals surface area contributed by atoms with Crippen LogP contribution in [0.25, 0.3) is 0 Å². The molecule has 4 heteroatoms. The standard InChI is InChI=1S/C16H14F2O2/c1-10-7-11(3-6-16(10)20-2)15(19)9-12-8-13(17)4-5-14(12)18/h3-8H,9H2,1-2H3. The van der Waals surface area contributed by atoms with E-state index in [0.717, 1.165) is 23.8 Å². The van der Waals surface area contributed by atoms with E-state index >= 15 is 0 Å². The maximum Gasteiger partial charge on any atom is 0.167 e. The van der Waals surface area contributed by atoms with Crippen molar-refractivity contribution in [1.82, 2.24) is 0 Å². The summed E-state index contributed by atoms with van der Waals surface area (Å²) in [6.07, 6.45) is -0.171. The van der Waals surface area contributed by atoms with Crippen LogP contribution in [-0.4, -0.2) is 12.9 Å². The second kappa shape index (κ2) is 5.82. The smallest absolute Gasteiger partial charge is 0.167 e. The monoisotopic (exact) mass is 276 g/mol. The van der Waals surface area contributed by atoms with Crippen molar-refractivity contribution in [2.75, 3.05) is 7.11 Å². The van der Waals surface area contributed by atoms with Crippen molar-refractivity contribution < 1.29 is 18.3 Å². The summed E-state index contributed by atoms with van der Waals surface area (Å²) in [7, 11) is 1.55. The van der Waals surface area contributed by atoms with Crippen LogP contribution in [0.2, 0.25) is 0 Å². The highest BCUT2D eigenvalue weighted by Crippen LogP contribution is 2.20. The van der Waals surface area contributed by atoms with Gasteiger partial charge in [-0.15, -0.1) is 0 Å². The largest absolute Gasteiger partial charge is 0.496 e. The van der Waals surface area contributed by atoms with Crippen molar-refractivity contribution in [3.8, 4) is 5.75 Å². The Morgan fingerprint density at radius 1 is 1.15 bits per heavy atom. The number of ether oxygens (including phenoxy) is 1. The van der Waals surface area contributed by atoms with Crippen LogP contribution in [0.1, 0.15) is 21.5 Å². The summed E-state index contributed by atoms with van der Waals surface area (Å²) in [4.78, 5) is 12.1. The number of hydrogen-bond acceptors (Lipinski definition) is 2. The highest BCUT2D eigenvalue weighted by atomic mass is 19.1. The van der Waals surface area contributed by atoms with Crippen LogP contribution in [-0.2, 0) is 6.42 Å². The summed E-state index contributed by atoms with van der Waals surface area (Å²) in [5.41, 5.74) is 1.33. The summed E-state index contributed by atoms with van der Waals surface area (Å²) in [6, 6.07) is 8.08. The summed E-state index contributed by atoms with van der Waals surface area (Å²) in [5, 5.41) is 0. The van der Waals surface area contributed by atoms with E-state index in [2.05, 4.69) is 0 Å². The van der Waals surface area contributed by atoms with Gasteiger partial charge in [0.15, 0.2) is 5.78 Å². The topological polar surface area (TPSA) is 26.3 Å². The first-order valence-corrected chi connectivity index (χ1v) is 6.13. The Kier molecular flexibility index (Phi) is 4.13. The Balaban J connectivity index is 2.24. The third-order valence-electron chi connectivity index (χ3n) is 3.08. The average molecular weight is 276 g/mol. The van der Waals surface area contributed by atoms with E-state index in [1.54, 1.807) is 25.3 Å². The molecule has 0 radical (unpaired) electrons. The van der Waals surface area contributed by atoms with Crippen LogP contribution in [0, 0.1) is 18.6 Å². The van der Waals surface area contributed by atoms with E-state index in [1.165, 1.54) is 0 Å². The number of carbonyl (C=O) groups excluding carboxylic acids is 1. The van der Waals surface area contributed by atoms with Gasteiger partial charge in [-0.2, -0.15) is 0 Å². The highest BCUT2D eigenvalue weighted by Gasteiger charge is 2.12. The Morgan fingerprint density at radius 2 is 1.90 bits per heavy atom. The van der Waals surface area contributed by atoms with Gasteiger partial charge in [-0.05, 0) is 54.4 Å². The molecule has 0 N–H and O–H groups in total. The van der Waals surface area contributed by atoms with Gasteiger partial charge in [0.25, 0.3) is 0 Å². The van der Waals surface area contributed by atoms with E-state index in [-0.39, 0.29) is 17.8 Å². The Morgan fingerprint density at radius 3 is 2.55 bits per heavy atom. The zero-order valence-corrected chi connectivity index (χ0v) is 11.2. The second-order valence-corrected chi connectivity index (χ2v) is 4.52. The molecule has 2 aromatic rings. The van der Waals surface area contributed by atoms with E-state index in [0.29, 0.717) is 11.3 Å². The molecule has 0 heterocycles. The molecule has 0 aliphatic heterocycles. The van der Waals surface area contributed by atoms with Crippen LogP contribution in [0.3, 0.4) is 0 Å². The normalized spacial score (nSPS) is 10.4. The number of rotatable bonds is 4. The molecule has 0 spiro atoms. The van der Waals surface area contributed by atoms with E-state index in [9.17, 15) is 13.6 Å². The third-order valence-corrected chi connectivity index (χ3v) is 3.08. The number of benzene rings is 2. The molecule has 0 fully saturated rings. The fourth-order valence-electron chi connectivity index (χ4n) is 2.01. The van der Waals surface area contributed by atoms with Crippen molar-refractivity contribution in [1.29, 1.82) is 0 Å². The maximum absolute atomic E-state index is 13.5. The first kappa shape index (κ1) is 14.2. The zero-order valence-electron chi connectivity index (χ0n) is 11.2. The molecule has 0 amide bonds. The maximum atomic E-state index is 13.5. The van der Waals surface area contributed by atoms with Crippen molar-refractivity contribution in [3.05, 3.63) is 64.7 Å². The lowest BCUT2D eigenvalue weighted by molar-refractivity contribution is 0.0991. The summed E-state index contributed by atoms with van der Waals surface area (Å²) in [5.74, 6) is -0.719. The molecule has 0 aliphatic carbocycles. The van der Waals surface area contributed by atoms with Crippen LogP contribution in [0.5, 0.6) is 5.75 Å². The van der Waals surface area contributed by atoms with Crippen LogP contribution in [0.15, 0.2) is 36.4 Å². The molecule has 0 saturated heterocycles. The minimum Gasteiger partial charge on any atom is -0.496 e. The number of halogens is 2. The predicted octanol–water partition coefficient (Wildman–Crippen LogP) is 3.71. The van der Waals surface area contributed by atoms with Crippen LogP contribution < -0.4 is 4.74 Å². The van der Waals surface area contributed by atoms with Gasteiger partial charge in [-0.1, -0.05) is 0 Å². The molecule has 0 aliphatic rings.